The highest BCUT2D eigenvalue weighted by Crippen LogP contribution is 2.27. The predicted molar refractivity (Wildman–Crippen MR) is 89.2 cm³/mol. The molecule has 0 radical (unpaired) electrons. The van der Waals surface area contributed by atoms with E-state index in [2.05, 4.69) is 21.2 Å². The molecule has 0 saturated heterocycles. The highest BCUT2D eigenvalue weighted by atomic mass is 79.9. The van der Waals surface area contributed by atoms with Crippen molar-refractivity contribution in [2.75, 3.05) is 11.9 Å². The highest BCUT2D eigenvalue weighted by molar-refractivity contribution is 9.10. The summed E-state index contributed by atoms with van der Waals surface area (Å²) in [5.41, 5.74) is 3.34. The third kappa shape index (κ3) is 3.64. The lowest BCUT2D eigenvalue weighted by Gasteiger charge is -2.13. The summed E-state index contributed by atoms with van der Waals surface area (Å²) in [5.74, 6) is 0.553. The number of amides is 1. The van der Waals surface area contributed by atoms with E-state index in [1.165, 1.54) is 0 Å². The van der Waals surface area contributed by atoms with Gasteiger partial charge in [0.2, 0.25) is 0 Å². The van der Waals surface area contributed by atoms with Gasteiger partial charge in [0.25, 0.3) is 5.91 Å². The predicted octanol–water partition coefficient (Wildman–Crippen LogP) is 4.72. The van der Waals surface area contributed by atoms with Gasteiger partial charge < -0.3 is 10.1 Å². The van der Waals surface area contributed by atoms with Crippen LogP contribution < -0.4 is 10.1 Å². The second kappa shape index (κ2) is 6.76. The minimum atomic E-state index is -0.140. The summed E-state index contributed by atoms with van der Waals surface area (Å²) in [5, 5.41) is 2.92. The molecule has 1 amide bonds. The van der Waals surface area contributed by atoms with Crippen LogP contribution in [0, 0.1) is 13.8 Å². The van der Waals surface area contributed by atoms with Gasteiger partial charge in [0.15, 0.2) is 0 Å². The normalized spacial score (nSPS) is 10.3. The van der Waals surface area contributed by atoms with E-state index in [9.17, 15) is 4.79 Å². The third-order valence-electron chi connectivity index (χ3n) is 3.20. The number of hydrogen-bond acceptors (Lipinski definition) is 2. The van der Waals surface area contributed by atoms with Crippen molar-refractivity contribution in [2.24, 2.45) is 0 Å². The fourth-order valence-electron chi connectivity index (χ4n) is 2.05. The van der Waals surface area contributed by atoms with Gasteiger partial charge >= 0.3 is 0 Å². The zero-order valence-corrected chi connectivity index (χ0v) is 14.0. The van der Waals surface area contributed by atoms with Crippen LogP contribution in [-0.4, -0.2) is 12.5 Å². The van der Waals surface area contributed by atoms with Crippen LogP contribution in [0.5, 0.6) is 5.75 Å². The number of rotatable bonds is 4. The topological polar surface area (TPSA) is 38.3 Å². The number of carbonyl (C=O) groups is 1. The molecule has 2 aromatic rings. The Kier molecular flexibility index (Phi) is 5.02. The Labute approximate surface area is 133 Å². The fourth-order valence-corrected chi connectivity index (χ4v) is 2.42. The van der Waals surface area contributed by atoms with Crippen LogP contribution in [0.25, 0.3) is 0 Å². The molecule has 4 heteroatoms. The maximum atomic E-state index is 12.4. The van der Waals surface area contributed by atoms with Crippen molar-refractivity contribution in [3.05, 3.63) is 57.6 Å². The molecule has 110 valence electrons. The lowest BCUT2D eigenvalue weighted by atomic mass is 10.1. The second-order valence-corrected chi connectivity index (χ2v) is 5.65. The molecule has 1 N–H and O–H groups in total. The first kappa shape index (κ1) is 15.6. The first-order chi connectivity index (χ1) is 10.0. The summed E-state index contributed by atoms with van der Waals surface area (Å²) < 4.78 is 6.51. The van der Waals surface area contributed by atoms with Crippen molar-refractivity contribution in [2.45, 2.75) is 20.8 Å². The average Bonchev–Trinajstić information content (AvgIpc) is 2.45. The molecule has 0 spiro atoms. The first-order valence-corrected chi connectivity index (χ1v) is 7.62. The number of carbonyl (C=O) groups excluding carboxylic acids is 1. The molecular formula is C17H18BrNO2. The molecule has 21 heavy (non-hydrogen) atoms. The third-order valence-corrected chi connectivity index (χ3v) is 4.06. The van der Waals surface area contributed by atoms with Crippen molar-refractivity contribution in [3.63, 3.8) is 0 Å². The minimum absolute atomic E-state index is 0.140. The lowest BCUT2D eigenvalue weighted by Crippen LogP contribution is -2.14. The molecule has 0 heterocycles. The Morgan fingerprint density at radius 2 is 2.00 bits per heavy atom. The molecular weight excluding hydrogens is 330 g/mol. The Bertz CT molecular complexity index is 668. The van der Waals surface area contributed by atoms with E-state index >= 15 is 0 Å². The van der Waals surface area contributed by atoms with Crippen LogP contribution in [0.3, 0.4) is 0 Å². The van der Waals surface area contributed by atoms with Gasteiger partial charge in [-0.3, -0.25) is 4.79 Å². The largest absolute Gasteiger partial charge is 0.492 e. The Hall–Kier alpha value is -1.81. The number of ether oxygens (including phenoxy) is 1. The van der Waals surface area contributed by atoms with Crippen molar-refractivity contribution in [3.8, 4) is 5.75 Å². The van der Waals surface area contributed by atoms with E-state index < -0.39 is 0 Å². The minimum Gasteiger partial charge on any atom is -0.492 e. The van der Waals surface area contributed by atoms with Crippen LogP contribution in [0.2, 0.25) is 0 Å². The van der Waals surface area contributed by atoms with Gasteiger partial charge in [-0.15, -0.1) is 0 Å². The standard InChI is InChI=1S/C17H18BrNO2/c1-4-21-16-10-11(2)8-9-15(16)19-17(20)13-6-5-7-14(18)12(13)3/h5-10H,4H2,1-3H3,(H,19,20). The van der Waals surface area contributed by atoms with E-state index in [1.54, 1.807) is 0 Å². The van der Waals surface area contributed by atoms with Gasteiger partial charge in [-0.1, -0.05) is 28.1 Å². The molecule has 2 aromatic carbocycles. The first-order valence-electron chi connectivity index (χ1n) is 6.83. The van der Waals surface area contributed by atoms with Crippen LogP contribution in [0.4, 0.5) is 5.69 Å². The number of hydrogen-bond donors (Lipinski definition) is 1. The average molecular weight is 348 g/mol. The summed E-state index contributed by atoms with van der Waals surface area (Å²) in [7, 11) is 0. The van der Waals surface area contributed by atoms with E-state index in [0.29, 0.717) is 23.6 Å². The van der Waals surface area contributed by atoms with Gasteiger partial charge in [-0.05, 0) is 56.2 Å². The van der Waals surface area contributed by atoms with Crippen LogP contribution in [-0.2, 0) is 0 Å². The SMILES string of the molecule is CCOc1cc(C)ccc1NC(=O)c1cccc(Br)c1C. The molecule has 0 fully saturated rings. The van der Waals surface area contributed by atoms with Gasteiger partial charge in [-0.2, -0.15) is 0 Å². The number of benzene rings is 2. The lowest BCUT2D eigenvalue weighted by molar-refractivity contribution is 0.102. The maximum absolute atomic E-state index is 12.4. The van der Waals surface area contributed by atoms with E-state index in [0.717, 1.165) is 15.6 Å². The van der Waals surface area contributed by atoms with Crippen molar-refractivity contribution < 1.29 is 9.53 Å². The van der Waals surface area contributed by atoms with Gasteiger partial charge in [0.05, 0.1) is 12.3 Å². The summed E-state index contributed by atoms with van der Waals surface area (Å²) in [6.07, 6.45) is 0. The molecule has 0 saturated carbocycles. The molecule has 0 aliphatic heterocycles. The summed E-state index contributed by atoms with van der Waals surface area (Å²) in [6.45, 7) is 6.39. The van der Waals surface area contributed by atoms with Crippen LogP contribution >= 0.6 is 15.9 Å². The molecule has 0 atom stereocenters. The van der Waals surface area contributed by atoms with Crippen molar-refractivity contribution in [1.82, 2.24) is 0 Å². The quantitative estimate of drug-likeness (QED) is 0.868. The number of halogens is 1. The monoisotopic (exact) mass is 347 g/mol. The number of aryl methyl sites for hydroxylation is 1. The number of nitrogens with one attached hydrogen (secondary N) is 1. The zero-order chi connectivity index (χ0) is 15.4. The maximum Gasteiger partial charge on any atom is 0.256 e. The Balaban J connectivity index is 2.29. The fraction of sp³-hybridized carbons (Fsp3) is 0.235. The summed E-state index contributed by atoms with van der Waals surface area (Å²) >= 11 is 3.44. The molecule has 0 bridgehead atoms. The Morgan fingerprint density at radius 1 is 1.24 bits per heavy atom. The molecule has 0 unspecified atom stereocenters. The van der Waals surface area contributed by atoms with Gasteiger partial charge in [0.1, 0.15) is 5.75 Å². The number of anilines is 1. The smallest absolute Gasteiger partial charge is 0.256 e. The summed E-state index contributed by atoms with van der Waals surface area (Å²) in [4.78, 5) is 12.4. The molecule has 0 aromatic heterocycles. The second-order valence-electron chi connectivity index (χ2n) is 4.80. The molecule has 3 nitrogen and oxygen atoms in total. The van der Waals surface area contributed by atoms with Crippen molar-refractivity contribution in [1.29, 1.82) is 0 Å². The van der Waals surface area contributed by atoms with Crippen LogP contribution in [0.15, 0.2) is 40.9 Å². The zero-order valence-electron chi connectivity index (χ0n) is 12.4. The summed E-state index contributed by atoms with van der Waals surface area (Å²) in [6, 6.07) is 11.3. The Morgan fingerprint density at radius 3 is 2.71 bits per heavy atom. The highest BCUT2D eigenvalue weighted by Gasteiger charge is 2.13. The van der Waals surface area contributed by atoms with E-state index in [4.69, 9.17) is 4.74 Å². The van der Waals surface area contributed by atoms with Crippen molar-refractivity contribution >= 4 is 27.5 Å². The molecule has 0 aliphatic rings. The molecule has 2 rings (SSSR count). The van der Waals surface area contributed by atoms with Gasteiger partial charge in [0, 0.05) is 10.0 Å². The van der Waals surface area contributed by atoms with E-state index in [1.807, 2.05) is 57.2 Å². The van der Waals surface area contributed by atoms with Crippen LogP contribution in [0.1, 0.15) is 28.4 Å². The van der Waals surface area contributed by atoms with E-state index in [-0.39, 0.29) is 5.91 Å². The van der Waals surface area contributed by atoms with Gasteiger partial charge in [-0.25, -0.2) is 0 Å². The molecule has 0 aliphatic carbocycles.